The number of aromatic nitrogens is 2. The van der Waals surface area contributed by atoms with Crippen molar-refractivity contribution >= 4 is 34.5 Å². The third-order valence-corrected chi connectivity index (χ3v) is 6.98. The summed E-state index contributed by atoms with van der Waals surface area (Å²) in [5.74, 6) is -0.153. The zero-order valence-electron chi connectivity index (χ0n) is 19.5. The molecule has 0 saturated carbocycles. The average molecular weight is 504 g/mol. The Morgan fingerprint density at radius 1 is 1.17 bits per heavy atom. The number of para-hydroxylation sites is 1. The van der Waals surface area contributed by atoms with Gasteiger partial charge in [0.2, 0.25) is 5.91 Å². The molecule has 0 spiro atoms. The monoisotopic (exact) mass is 503 g/mol. The minimum absolute atomic E-state index is 0.0523. The highest BCUT2D eigenvalue weighted by Crippen LogP contribution is 2.43. The van der Waals surface area contributed by atoms with E-state index in [-0.39, 0.29) is 17.2 Å². The van der Waals surface area contributed by atoms with Gasteiger partial charge >= 0.3 is 5.97 Å². The fraction of sp³-hybridized carbons (Fsp3) is 0.200. The predicted molar refractivity (Wildman–Crippen MR) is 134 cm³/mol. The number of amides is 1. The van der Waals surface area contributed by atoms with E-state index in [1.165, 1.54) is 35.9 Å². The van der Waals surface area contributed by atoms with Crippen molar-refractivity contribution in [2.45, 2.75) is 19.4 Å². The number of allylic oxidation sites excluding steroid dienone is 1. The Labute approximate surface area is 210 Å². The summed E-state index contributed by atoms with van der Waals surface area (Å²) in [5, 5.41) is 16.5. The fourth-order valence-corrected chi connectivity index (χ4v) is 5.33. The molecule has 1 saturated heterocycles. The van der Waals surface area contributed by atoms with Gasteiger partial charge in [0.25, 0.3) is 5.69 Å². The Hall–Kier alpha value is -4.25. The Morgan fingerprint density at radius 2 is 1.89 bits per heavy atom. The maximum absolute atomic E-state index is 13.2. The largest absolute Gasteiger partial charge is 0.466 e. The number of aliphatic imine (C=N–C) groups is 1. The second kappa shape index (κ2) is 9.42. The van der Waals surface area contributed by atoms with Gasteiger partial charge in [0, 0.05) is 41.6 Å². The van der Waals surface area contributed by atoms with Crippen molar-refractivity contribution in [3.8, 4) is 16.9 Å². The number of benzene rings is 2. The Kier molecular flexibility index (Phi) is 6.15. The molecule has 182 valence electrons. The number of ether oxygens (including phenoxy) is 1. The van der Waals surface area contributed by atoms with Crippen LogP contribution in [0.1, 0.15) is 24.9 Å². The lowest BCUT2D eigenvalue weighted by molar-refractivity contribution is -0.384. The standard InChI is InChI=1S/C25H21N5O5S/c1-15-21(24(32)35-2)23(29-20(31)12-13-36-25(29)26-15)19-14-28(17-6-4-3-5-7-17)27-22(19)16-8-10-18(11-9-16)30(33)34/h3-11,14,23H,12-13H2,1-2H3. The van der Waals surface area contributed by atoms with E-state index in [2.05, 4.69) is 4.99 Å². The molecule has 3 aromatic rings. The molecule has 2 aliphatic rings. The van der Waals surface area contributed by atoms with Crippen molar-refractivity contribution in [1.82, 2.24) is 14.7 Å². The van der Waals surface area contributed by atoms with E-state index < -0.39 is 16.9 Å². The van der Waals surface area contributed by atoms with Crippen LogP contribution in [0, 0.1) is 10.1 Å². The van der Waals surface area contributed by atoms with Crippen LogP contribution in [-0.2, 0) is 14.3 Å². The number of methoxy groups -OCH3 is 1. The van der Waals surface area contributed by atoms with E-state index in [1.54, 1.807) is 29.9 Å². The van der Waals surface area contributed by atoms with E-state index in [0.717, 1.165) is 5.69 Å². The number of esters is 1. The number of nitro groups is 1. The third kappa shape index (κ3) is 4.07. The Bertz CT molecular complexity index is 1430. The molecule has 0 aliphatic carbocycles. The van der Waals surface area contributed by atoms with Crippen LogP contribution in [0.5, 0.6) is 0 Å². The van der Waals surface area contributed by atoms with Crippen LogP contribution >= 0.6 is 11.8 Å². The number of fused-ring (bicyclic) bond motifs is 1. The zero-order chi connectivity index (χ0) is 25.4. The molecule has 10 nitrogen and oxygen atoms in total. The lowest BCUT2D eigenvalue weighted by Gasteiger charge is -2.38. The quantitative estimate of drug-likeness (QED) is 0.290. The molecule has 0 bridgehead atoms. The van der Waals surface area contributed by atoms with E-state index in [1.807, 2.05) is 30.3 Å². The molecule has 2 aliphatic heterocycles. The molecule has 1 unspecified atom stereocenters. The number of hydrogen-bond acceptors (Lipinski definition) is 8. The maximum atomic E-state index is 13.2. The van der Waals surface area contributed by atoms with Crippen LogP contribution in [-0.4, -0.2) is 49.5 Å². The molecule has 3 heterocycles. The molecular weight excluding hydrogens is 482 g/mol. The summed E-state index contributed by atoms with van der Waals surface area (Å²) in [6.45, 7) is 1.72. The number of thioether (sulfide) groups is 1. The molecule has 1 amide bonds. The van der Waals surface area contributed by atoms with Gasteiger partial charge in [-0.05, 0) is 31.2 Å². The third-order valence-electron chi connectivity index (χ3n) is 6.02. The maximum Gasteiger partial charge on any atom is 0.338 e. The predicted octanol–water partition coefficient (Wildman–Crippen LogP) is 4.27. The number of carbonyl (C=O) groups excluding carboxylic acids is 2. The summed E-state index contributed by atoms with van der Waals surface area (Å²) in [6.07, 6.45) is 2.08. The van der Waals surface area contributed by atoms with Crippen LogP contribution in [0.25, 0.3) is 16.9 Å². The first-order chi connectivity index (χ1) is 17.4. The van der Waals surface area contributed by atoms with Crippen LogP contribution in [0.3, 0.4) is 0 Å². The molecule has 2 aromatic carbocycles. The zero-order valence-corrected chi connectivity index (χ0v) is 20.3. The van der Waals surface area contributed by atoms with E-state index in [9.17, 15) is 19.7 Å². The highest BCUT2D eigenvalue weighted by molar-refractivity contribution is 8.14. The van der Waals surface area contributed by atoms with Crippen LogP contribution in [0.15, 0.2) is 77.1 Å². The summed E-state index contributed by atoms with van der Waals surface area (Å²) in [7, 11) is 1.29. The van der Waals surface area contributed by atoms with Crippen molar-refractivity contribution in [3.63, 3.8) is 0 Å². The van der Waals surface area contributed by atoms with Crippen molar-refractivity contribution < 1.29 is 19.2 Å². The summed E-state index contributed by atoms with van der Waals surface area (Å²) < 4.78 is 6.76. The fourth-order valence-electron chi connectivity index (χ4n) is 4.33. The van der Waals surface area contributed by atoms with Crippen molar-refractivity contribution in [1.29, 1.82) is 0 Å². The van der Waals surface area contributed by atoms with E-state index in [0.29, 0.717) is 39.9 Å². The average Bonchev–Trinajstić information content (AvgIpc) is 3.33. The first kappa shape index (κ1) is 23.5. The smallest absolute Gasteiger partial charge is 0.338 e. The Morgan fingerprint density at radius 3 is 2.56 bits per heavy atom. The van der Waals surface area contributed by atoms with Gasteiger partial charge in [-0.25, -0.2) is 14.5 Å². The van der Waals surface area contributed by atoms with Gasteiger partial charge in [-0.2, -0.15) is 5.10 Å². The number of rotatable bonds is 5. The normalized spacial score (nSPS) is 17.5. The minimum Gasteiger partial charge on any atom is -0.466 e. The number of non-ortho nitro benzene ring substituents is 1. The molecule has 0 N–H and O–H groups in total. The summed E-state index contributed by atoms with van der Waals surface area (Å²) >= 11 is 1.45. The number of carbonyl (C=O) groups is 2. The molecule has 0 radical (unpaired) electrons. The first-order valence-corrected chi connectivity index (χ1v) is 12.1. The molecule has 36 heavy (non-hydrogen) atoms. The molecule has 1 aromatic heterocycles. The minimum atomic E-state index is -0.826. The van der Waals surface area contributed by atoms with Gasteiger partial charge < -0.3 is 4.74 Å². The number of nitro benzene ring substituents is 1. The van der Waals surface area contributed by atoms with Gasteiger partial charge in [-0.3, -0.25) is 19.8 Å². The van der Waals surface area contributed by atoms with Crippen molar-refractivity contribution in [2.75, 3.05) is 12.9 Å². The molecule has 5 rings (SSSR count). The second-order valence-corrected chi connectivity index (χ2v) is 9.23. The van der Waals surface area contributed by atoms with Gasteiger partial charge in [0.1, 0.15) is 6.04 Å². The number of amidine groups is 1. The molecule has 1 atom stereocenters. The van der Waals surface area contributed by atoms with Crippen molar-refractivity contribution in [2.24, 2.45) is 4.99 Å². The highest BCUT2D eigenvalue weighted by Gasteiger charge is 2.43. The first-order valence-electron chi connectivity index (χ1n) is 11.1. The van der Waals surface area contributed by atoms with Crippen LogP contribution in [0.4, 0.5) is 5.69 Å². The topological polar surface area (TPSA) is 120 Å². The highest BCUT2D eigenvalue weighted by atomic mass is 32.2. The van der Waals surface area contributed by atoms with Crippen LogP contribution < -0.4 is 0 Å². The summed E-state index contributed by atoms with van der Waals surface area (Å²) in [6, 6.07) is 14.6. The number of nitrogens with zero attached hydrogens (tertiary/aromatic N) is 5. The van der Waals surface area contributed by atoms with Crippen LogP contribution in [0.2, 0.25) is 0 Å². The lowest BCUT2D eigenvalue weighted by Crippen LogP contribution is -2.45. The van der Waals surface area contributed by atoms with Gasteiger partial charge in [0.05, 0.1) is 34.7 Å². The summed E-state index contributed by atoms with van der Waals surface area (Å²) in [5.41, 5.74) is 3.09. The van der Waals surface area contributed by atoms with E-state index in [4.69, 9.17) is 9.84 Å². The second-order valence-electron chi connectivity index (χ2n) is 8.17. The lowest BCUT2D eigenvalue weighted by atomic mass is 9.92. The summed E-state index contributed by atoms with van der Waals surface area (Å²) in [4.78, 5) is 43.0. The Balaban J connectivity index is 1.75. The van der Waals surface area contributed by atoms with E-state index >= 15 is 0 Å². The molecular formula is C25H21N5O5S. The van der Waals surface area contributed by atoms with Gasteiger partial charge in [-0.15, -0.1) is 0 Å². The van der Waals surface area contributed by atoms with Crippen molar-refractivity contribution in [3.05, 3.63) is 87.7 Å². The van der Waals surface area contributed by atoms with Gasteiger partial charge in [0.15, 0.2) is 5.17 Å². The molecule has 1 fully saturated rings. The SMILES string of the molecule is COC(=O)C1=C(C)N=C2SCCC(=O)N2C1c1cn(-c2ccccc2)nc1-c1ccc([N+](=O)[O-])cc1. The number of hydrogen-bond donors (Lipinski definition) is 0. The molecule has 11 heteroatoms. The van der Waals surface area contributed by atoms with Gasteiger partial charge in [-0.1, -0.05) is 30.0 Å².